The molecule has 2 aromatic heterocycles. The van der Waals surface area contributed by atoms with E-state index in [1.807, 2.05) is 66.7 Å². The van der Waals surface area contributed by atoms with Crippen LogP contribution in [0.1, 0.15) is 0 Å². The number of fused-ring (bicyclic) bond motifs is 4. The molecule has 0 fully saturated rings. The SMILES string of the molecule is c1ccc(-c2cc(-c3ccccc3)cc(-c3nc(-c4ccccc4)nc(-c4cccc5ccc6nc(-c7ccc8ccccc8c7)oc6c45)n3)c2)cc1. The zero-order chi connectivity index (χ0) is 35.1. The average Bonchev–Trinajstić information content (AvgIpc) is 3.69. The van der Waals surface area contributed by atoms with E-state index in [1.165, 1.54) is 5.39 Å². The summed E-state index contributed by atoms with van der Waals surface area (Å²) in [4.78, 5) is 20.5. The Kier molecular flexibility index (Phi) is 7.40. The minimum Gasteiger partial charge on any atom is -0.435 e. The van der Waals surface area contributed by atoms with Gasteiger partial charge >= 0.3 is 0 Å². The summed E-state index contributed by atoms with van der Waals surface area (Å²) in [5.74, 6) is 2.31. The number of aromatic nitrogens is 4. The Morgan fingerprint density at radius 1 is 0.321 bits per heavy atom. The molecule has 2 heterocycles. The van der Waals surface area contributed by atoms with Crippen LogP contribution in [0.25, 0.3) is 101 Å². The van der Waals surface area contributed by atoms with Crippen molar-refractivity contribution in [2.45, 2.75) is 0 Å². The van der Waals surface area contributed by atoms with E-state index in [2.05, 4.69) is 115 Å². The van der Waals surface area contributed by atoms with Gasteiger partial charge in [-0.15, -0.1) is 0 Å². The number of benzene rings is 8. The van der Waals surface area contributed by atoms with Crippen molar-refractivity contribution in [3.8, 4) is 67.9 Å². The van der Waals surface area contributed by atoms with Gasteiger partial charge in [0, 0.05) is 27.6 Å². The minimum absolute atomic E-state index is 0.557. The first-order valence-corrected chi connectivity index (χ1v) is 17.6. The summed E-state index contributed by atoms with van der Waals surface area (Å²) in [6, 6.07) is 62.4. The molecule has 0 bridgehead atoms. The molecule has 0 unspecified atom stereocenters. The zero-order valence-corrected chi connectivity index (χ0v) is 28.5. The van der Waals surface area contributed by atoms with Crippen molar-refractivity contribution in [1.29, 1.82) is 0 Å². The summed E-state index contributed by atoms with van der Waals surface area (Å²) >= 11 is 0. The van der Waals surface area contributed by atoms with Gasteiger partial charge in [0.05, 0.1) is 0 Å². The fourth-order valence-electron chi connectivity index (χ4n) is 7.08. The molecular weight excluding hydrogens is 649 g/mol. The molecule has 0 amide bonds. The van der Waals surface area contributed by atoms with Crippen molar-refractivity contribution in [2.75, 3.05) is 0 Å². The molecule has 0 saturated carbocycles. The average molecular weight is 679 g/mol. The Hall–Kier alpha value is -7.24. The maximum atomic E-state index is 6.66. The van der Waals surface area contributed by atoms with Gasteiger partial charge in [0.2, 0.25) is 5.89 Å². The van der Waals surface area contributed by atoms with Crippen LogP contribution in [0.5, 0.6) is 0 Å². The van der Waals surface area contributed by atoms with Crippen LogP contribution in [0.15, 0.2) is 186 Å². The molecule has 0 aliphatic carbocycles. The summed E-state index contributed by atoms with van der Waals surface area (Å²) in [5, 5.41) is 4.22. The minimum atomic E-state index is 0.557. The summed E-state index contributed by atoms with van der Waals surface area (Å²) in [5.41, 5.74) is 9.44. The number of nitrogens with zero attached hydrogens (tertiary/aromatic N) is 4. The van der Waals surface area contributed by atoms with Crippen LogP contribution in [0.2, 0.25) is 0 Å². The second-order valence-electron chi connectivity index (χ2n) is 13.1. The molecule has 0 aliphatic heterocycles. The fourth-order valence-corrected chi connectivity index (χ4v) is 7.08. The van der Waals surface area contributed by atoms with Crippen molar-refractivity contribution >= 4 is 32.6 Å². The van der Waals surface area contributed by atoms with Gasteiger partial charge in [-0.2, -0.15) is 0 Å². The van der Waals surface area contributed by atoms with E-state index in [1.54, 1.807) is 0 Å². The second-order valence-corrected chi connectivity index (χ2v) is 13.1. The van der Waals surface area contributed by atoms with Gasteiger partial charge in [-0.25, -0.2) is 19.9 Å². The van der Waals surface area contributed by atoms with Gasteiger partial charge < -0.3 is 4.42 Å². The molecule has 8 aromatic carbocycles. The lowest BCUT2D eigenvalue weighted by Gasteiger charge is -2.13. The molecule has 0 radical (unpaired) electrons. The topological polar surface area (TPSA) is 64.7 Å². The highest BCUT2D eigenvalue weighted by molar-refractivity contribution is 6.10. The highest BCUT2D eigenvalue weighted by Gasteiger charge is 2.19. The number of hydrogen-bond acceptors (Lipinski definition) is 5. The first kappa shape index (κ1) is 30.6. The van der Waals surface area contributed by atoms with Crippen LogP contribution in [-0.2, 0) is 0 Å². The molecule has 10 rings (SSSR count). The van der Waals surface area contributed by atoms with Crippen LogP contribution in [-0.4, -0.2) is 19.9 Å². The molecule has 10 aromatic rings. The molecule has 0 N–H and O–H groups in total. The van der Waals surface area contributed by atoms with Gasteiger partial charge in [0.1, 0.15) is 5.52 Å². The van der Waals surface area contributed by atoms with Crippen molar-refractivity contribution in [3.05, 3.63) is 182 Å². The van der Waals surface area contributed by atoms with Gasteiger partial charge in [-0.1, -0.05) is 146 Å². The summed E-state index contributed by atoms with van der Waals surface area (Å²) in [6.45, 7) is 0. The van der Waals surface area contributed by atoms with E-state index >= 15 is 0 Å². The fraction of sp³-hybridized carbons (Fsp3) is 0. The molecule has 5 nitrogen and oxygen atoms in total. The monoisotopic (exact) mass is 678 g/mol. The van der Waals surface area contributed by atoms with E-state index in [0.29, 0.717) is 28.9 Å². The molecular formula is C48H30N4O. The second kappa shape index (κ2) is 12.8. The van der Waals surface area contributed by atoms with Crippen LogP contribution in [0, 0.1) is 0 Å². The van der Waals surface area contributed by atoms with Gasteiger partial charge in [-0.05, 0) is 74.8 Å². The van der Waals surface area contributed by atoms with Crippen LogP contribution >= 0.6 is 0 Å². The third kappa shape index (κ3) is 5.71. The Balaban J connectivity index is 1.19. The van der Waals surface area contributed by atoms with E-state index in [-0.39, 0.29) is 0 Å². The first-order valence-electron chi connectivity index (χ1n) is 17.6. The van der Waals surface area contributed by atoms with Crippen LogP contribution in [0.4, 0.5) is 0 Å². The van der Waals surface area contributed by atoms with Crippen molar-refractivity contribution in [3.63, 3.8) is 0 Å². The first-order chi connectivity index (χ1) is 26.2. The molecule has 53 heavy (non-hydrogen) atoms. The largest absolute Gasteiger partial charge is 0.435 e. The van der Waals surface area contributed by atoms with Gasteiger partial charge in [0.15, 0.2) is 23.1 Å². The van der Waals surface area contributed by atoms with Gasteiger partial charge in [0.25, 0.3) is 0 Å². The third-order valence-electron chi connectivity index (χ3n) is 9.71. The predicted octanol–water partition coefficient (Wildman–Crippen LogP) is 12.3. The smallest absolute Gasteiger partial charge is 0.227 e. The molecule has 248 valence electrons. The quantitative estimate of drug-likeness (QED) is 0.175. The Labute approximate surface area is 305 Å². The molecule has 5 heteroatoms. The molecule has 0 saturated heterocycles. The van der Waals surface area contributed by atoms with Crippen LogP contribution < -0.4 is 0 Å². The third-order valence-corrected chi connectivity index (χ3v) is 9.71. The lowest BCUT2D eigenvalue weighted by atomic mass is 9.95. The zero-order valence-electron chi connectivity index (χ0n) is 28.5. The standard InChI is InChI=1S/C48H30N4O/c1-4-13-31(14-5-1)38-28-39(32-15-6-2-7-16-32)30-40(29-38)46-50-45(35-18-8-3-9-19-35)51-47(52-46)41-22-12-21-34-25-26-42-44(43(34)41)53-48(49-42)37-24-23-33-17-10-11-20-36(33)27-37/h1-30H. The lowest BCUT2D eigenvalue weighted by Crippen LogP contribution is -2.01. The summed E-state index contributed by atoms with van der Waals surface area (Å²) < 4.78 is 6.66. The highest BCUT2D eigenvalue weighted by Crippen LogP contribution is 2.38. The lowest BCUT2D eigenvalue weighted by molar-refractivity contribution is 0.623. The summed E-state index contributed by atoms with van der Waals surface area (Å²) in [7, 11) is 0. The van der Waals surface area contributed by atoms with Crippen molar-refractivity contribution < 1.29 is 4.42 Å². The number of hydrogen-bond donors (Lipinski definition) is 0. The Bertz CT molecular complexity index is 2880. The normalized spacial score (nSPS) is 11.4. The number of oxazole rings is 1. The molecule has 0 spiro atoms. The predicted molar refractivity (Wildman–Crippen MR) is 215 cm³/mol. The molecule has 0 atom stereocenters. The van der Waals surface area contributed by atoms with E-state index in [9.17, 15) is 0 Å². The Morgan fingerprint density at radius 3 is 1.57 bits per heavy atom. The Morgan fingerprint density at radius 2 is 0.868 bits per heavy atom. The maximum Gasteiger partial charge on any atom is 0.227 e. The van der Waals surface area contributed by atoms with E-state index < -0.39 is 0 Å². The summed E-state index contributed by atoms with van der Waals surface area (Å²) in [6.07, 6.45) is 0. The van der Waals surface area contributed by atoms with E-state index in [4.69, 9.17) is 24.4 Å². The highest BCUT2D eigenvalue weighted by atomic mass is 16.3. The van der Waals surface area contributed by atoms with Crippen molar-refractivity contribution in [1.82, 2.24) is 19.9 Å². The van der Waals surface area contributed by atoms with Gasteiger partial charge in [-0.3, -0.25) is 0 Å². The van der Waals surface area contributed by atoms with E-state index in [0.717, 1.165) is 66.2 Å². The van der Waals surface area contributed by atoms with Crippen LogP contribution in [0.3, 0.4) is 0 Å². The maximum absolute atomic E-state index is 6.66. The number of rotatable bonds is 6. The molecule has 0 aliphatic rings. The van der Waals surface area contributed by atoms with Crippen molar-refractivity contribution in [2.24, 2.45) is 0 Å².